The fraction of sp³-hybridized carbons (Fsp3) is 0.636. The number of nitrogens with zero attached hydrogens (tertiary/aromatic N) is 3. The van der Waals surface area contributed by atoms with Crippen molar-refractivity contribution in [3.63, 3.8) is 0 Å². The molecule has 2 N–H and O–H groups in total. The fourth-order valence-corrected chi connectivity index (χ4v) is 2.88. The van der Waals surface area contributed by atoms with Crippen molar-refractivity contribution in [2.24, 2.45) is 0 Å². The average molecular weight is 270 g/mol. The normalized spacial score (nSPS) is 16.7. The Morgan fingerprint density at radius 3 is 2.89 bits per heavy atom. The second kappa shape index (κ2) is 6.10. The third-order valence-electron chi connectivity index (χ3n) is 3.02. The van der Waals surface area contributed by atoms with Gasteiger partial charge in [0.1, 0.15) is 5.82 Å². The average Bonchev–Trinajstić information content (AvgIpc) is 2.78. The molecule has 0 spiro atoms. The first-order valence-electron chi connectivity index (χ1n) is 5.91. The molecular weight excluding hydrogens is 252 g/mol. The molecule has 1 aromatic heterocycles. The van der Waals surface area contributed by atoms with Crippen LogP contribution in [-0.4, -0.2) is 58.7 Å². The second-order valence-corrected chi connectivity index (χ2v) is 5.34. The summed E-state index contributed by atoms with van der Waals surface area (Å²) in [7, 11) is 1.33. The maximum absolute atomic E-state index is 11.4. The number of thioether (sulfide) groups is 1. The van der Waals surface area contributed by atoms with E-state index in [0.717, 1.165) is 26.2 Å². The molecule has 1 aliphatic heterocycles. The molecule has 0 saturated carbocycles. The Kier molecular flexibility index (Phi) is 4.48. The molecular formula is C11H18N4O2S. The standard InChI is InChI=1S/C11H18N4O2S/c1-17-11(16)9-10(12)15(8-13-9)3-2-14-4-6-18-7-5-14/h8H,2-7,12H2,1H3. The Morgan fingerprint density at radius 2 is 2.22 bits per heavy atom. The number of methoxy groups -OCH3 is 1. The third-order valence-corrected chi connectivity index (χ3v) is 3.96. The highest BCUT2D eigenvalue weighted by Gasteiger charge is 2.17. The number of carbonyl (C=O) groups excluding carboxylic acids is 1. The van der Waals surface area contributed by atoms with E-state index in [4.69, 9.17) is 5.73 Å². The van der Waals surface area contributed by atoms with Gasteiger partial charge < -0.3 is 15.0 Å². The number of anilines is 1. The van der Waals surface area contributed by atoms with Crippen molar-refractivity contribution in [2.75, 3.05) is 44.0 Å². The van der Waals surface area contributed by atoms with E-state index in [0.29, 0.717) is 5.82 Å². The van der Waals surface area contributed by atoms with Gasteiger partial charge in [0.25, 0.3) is 0 Å². The minimum Gasteiger partial charge on any atom is -0.464 e. The van der Waals surface area contributed by atoms with Crippen molar-refractivity contribution in [3.8, 4) is 0 Å². The summed E-state index contributed by atoms with van der Waals surface area (Å²) >= 11 is 1.99. The number of carbonyl (C=O) groups is 1. The highest BCUT2D eigenvalue weighted by atomic mass is 32.2. The molecule has 2 heterocycles. The summed E-state index contributed by atoms with van der Waals surface area (Å²) < 4.78 is 6.42. The van der Waals surface area contributed by atoms with Gasteiger partial charge in [-0.1, -0.05) is 0 Å². The smallest absolute Gasteiger partial charge is 0.360 e. The molecule has 1 aliphatic rings. The summed E-state index contributed by atoms with van der Waals surface area (Å²) in [6.45, 7) is 3.91. The Bertz CT molecular complexity index is 415. The van der Waals surface area contributed by atoms with Crippen molar-refractivity contribution in [2.45, 2.75) is 6.54 Å². The highest BCUT2D eigenvalue weighted by Crippen LogP contribution is 2.13. The molecule has 0 bridgehead atoms. The largest absolute Gasteiger partial charge is 0.464 e. The van der Waals surface area contributed by atoms with E-state index in [1.807, 2.05) is 11.8 Å². The highest BCUT2D eigenvalue weighted by molar-refractivity contribution is 7.99. The van der Waals surface area contributed by atoms with Crippen LogP contribution in [0.1, 0.15) is 10.5 Å². The molecule has 0 amide bonds. The summed E-state index contributed by atoms with van der Waals surface area (Å²) in [6, 6.07) is 0. The van der Waals surface area contributed by atoms with E-state index in [1.54, 1.807) is 10.9 Å². The first kappa shape index (κ1) is 13.2. The summed E-state index contributed by atoms with van der Waals surface area (Å²) in [4.78, 5) is 17.7. The molecule has 0 atom stereocenters. The van der Waals surface area contributed by atoms with E-state index in [9.17, 15) is 4.79 Å². The lowest BCUT2D eigenvalue weighted by Gasteiger charge is -2.26. The summed E-state index contributed by atoms with van der Waals surface area (Å²) in [5.74, 6) is 2.27. The van der Waals surface area contributed by atoms with Gasteiger partial charge in [0.2, 0.25) is 0 Å². The Labute approximate surface area is 110 Å². The summed E-state index contributed by atoms with van der Waals surface area (Å²) in [5.41, 5.74) is 6.07. The van der Waals surface area contributed by atoms with Gasteiger partial charge in [-0.3, -0.25) is 4.90 Å². The van der Waals surface area contributed by atoms with E-state index in [-0.39, 0.29) is 5.69 Å². The zero-order valence-corrected chi connectivity index (χ0v) is 11.3. The molecule has 0 aromatic carbocycles. The molecule has 0 radical (unpaired) electrons. The van der Waals surface area contributed by atoms with Crippen LogP contribution in [0.15, 0.2) is 6.33 Å². The van der Waals surface area contributed by atoms with E-state index in [1.165, 1.54) is 18.6 Å². The number of esters is 1. The predicted molar refractivity (Wildman–Crippen MR) is 71.7 cm³/mol. The Morgan fingerprint density at radius 1 is 1.50 bits per heavy atom. The molecule has 2 rings (SSSR count). The van der Waals surface area contributed by atoms with Crippen molar-refractivity contribution >= 4 is 23.5 Å². The van der Waals surface area contributed by atoms with Gasteiger partial charge in [-0.05, 0) is 0 Å². The van der Waals surface area contributed by atoms with Crippen LogP contribution in [0, 0.1) is 0 Å². The quantitative estimate of drug-likeness (QED) is 0.793. The van der Waals surface area contributed by atoms with Crippen LogP contribution in [0.2, 0.25) is 0 Å². The fourth-order valence-electron chi connectivity index (χ4n) is 1.90. The Hall–Kier alpha value is -1.21. The molecule has 6 nitrogen and oxygen atoms in total. The maximum atomic E-state index is 11.4. The first-order chi connectivity index (χ1) is 8.72. The van der Waals surface area contributed by atoms with E-state index >= 15 is 0 Å². The molecule has 0 aliphatic carbocycles. The van der Waals surface area contributed by atoms with Crippen molar-refractivity contribution in [1.29, 1.82) is 0 Å². The van der Waals surface area contributed by atoms with Gasteiger partial charge >= 0.3 is 5.97 Å². The molecule has 1 saturated heterocycles. The van der Waals surface area contributed by atoms with Crippen LogP contribution in [0.5, 0.6) is 0 Å². The lowest BCUT2D eigenvalue weighted by Crippen LogP contribution is -2.35. The van der Waals surface area contributed by atoms with Crippen molar-refractivity contribution < 1.29 is 9.53 Å². The predicted octanol–water partition coefficient (Wildman–Crippen LogP) is 0.301. The molecule has 1 aromatic rings. The van der Waals surface area contributed by atoms with Crippen LogP contribution in [-0.2, 0) is 11.3 Å². The molecule has 1 fully saturated rings. The van der Waals surface area contributed by atoms with Gasteiger partial charge in [0, 0.05) is 37.7 Å². The van der Waals surface area contributed by atoms with Crippen LogP contribution in [0.25, 0.3) is 0 Å². The number of hydrogen-bond acceptors (Lipinski definition) is 6. The molecule has 7 heteroatoms. The minimum absolute atomic E-state index is 0.201. The topological polar surface area (TPSA) is 73.4 Å². The number of nitrogen functional groups attached to an aromatic ring is 1. The number of aromatic nitrogens is 2. The van der Waals surface area contributed by atoms with E-state index in [2.05, 4.69) is 14.6 Å². The molecule has 0 unspecified atom stereocenters. The number of nitrogens with two attached hydrogens (primary N) is 1. The lowest BCUT2D eigenvalue weighted by atomic mass is 10.4. The summed E-state index contributed by atoms with van der Waals surface area (Å²) in [5, 5.41) is 0. The first-order valence-corrected chi connectivity index (χ1v) is 7.07. The monoisotopic (exact) mass is 270 g/mol. The Balaban J connectivity index is 1.93. The van der Waals surface area contributed by atoms with Gasteiger partial charge in [0.15, 0.2) is 5.69 Å². The lowest BCUT2D eigenvalue weighted by molar-refractivity contribution is 0.0596. The summed E-state index contributed by atoms with van der Waals surface area (Å²) in [6.07, 6.45) is 1.60. The molecule has 18 heavy (non-hydrogen) atoms. The maximum Gasteiger partial charge on any atom is 0.360 e. The van der Waals surface area contributed by atoms with Crippen LogP contribution < -0.4 is 5.73 Å². The zero-order chi connectivity index (χ0) is 13.0. The number of rotatable bonds is 4. The van der Waals surface area contributed by atoms with Gasteiger partial charge in [-0.25, -0.2) is 9.78 Å². The third kappa shape index (κ3) is 2.97. The van der Waals surface area contributed by atoms with Crippen LogP contribution >= 0.6 is 11.8 Å². The van der Waals surface area contributed by atoms with E-state index < -0.39 is 5.97 Å². The SMILES string of the molecule is COC(=O)c1ncn(CCN2CCSCC2)c1N. The second-order valence-electron chi connectivity index (χ2n) is 4.12. The van der Waals surface area contributed by atoms with Crippen molar-refractivity contribution in [3.05, 3.63) is 12.0 Å². The van der Waals surface area contributed by atoms with Gasteiger partial charge in [-0.2, -0.15) is 11.8 Å². The van der Waals surface area contributed by atoms with Crippen LogP contribution in [0.4, 0.5) is 5.82 Å². The number of imidazole rings is 1. The zero-order valence-electron chi connectivity index (χ0n) is 10.5. The van der Waals surface area contributed by atoms with Gasteiger partial charge in [0.05, 0.1) is 13.4 Å². The molecule has 100 valence electrons. The number of hydrogen-bond donors (Lipinski definition) is 1. The van der Waals surface area contributed by atoms with Gasteiger partial charge in [-0.15, -0.1) is 0 Å². The van der Waals surface area contributed by atoms with Crippen LogP contribution in [0.3, 0.4) is 0 Å². The minimum atomic E-state index is -0.486. The van der Waals surface area contributed by atoms with Crippen molar-refractivity contribution in [1.82, 2.24) is 14.5 Å². The number of ether oxygens (including phenoxy) is 1.